The summed E-state index contributed by atoms with van der Waals surface area (Å²) in [5.74, 6) is 1.58. The van der Waals surface area contributed by atoms with Crippen LogP contribution in [0.1, 0.15) is 12.8 Å². The summed E-state index contributed by atoms with van der Waals surface area (Å²) < 4.78 is 5.86. The molecule has 1 aromatic heterocycles. The lowest BCUT2D eigenvalue weighted by Crippen LogP contribution is -2.45. The van der Waals surface area contributed by atoms with Crippen LogP contribution in [0.5, 0.6) is 0 Å². The lowest BCUT2D eigenvalue weighted by Gasteiger charge is -2.33. The minimum absolute atomic E-state index is 0.729. The zero-order valence-electron chi connectivity index (χ0n) is 12.3. The molecule has 2 heterocycles. The van der Waals surface area contributed by atoms with Crippen LogP contribution in [0.4, 0.5) is 0 Å². The van der Waals surface area contributed by atoms with Crippen LogP contribution in [0.2, 0.25) is 5.02 Å². The largest absolute Gasteiger partial charge is 0.439 e. The molecule has 3 rings (SSSR count). The normalized spacial score (nSPS) is 17.2. The molecule has 0 spiro atoms. The SMILES string of the molecule is CCN1CCN(Cc2ncc(-c3ccc(Cl)cc3)o2)CC1. The first-order valence-electron chi connectivity index (χ1n) is 7.40. The lowest BCUT2D eigenvalue weighted by atomic mass is 10.2. The van der Waals surface area contributed by atoms with E-state index in [9.17, 15) is 0 Å². The highest BCUT2D eigenvalue weighted by Gasteiger charge is 2.17. The number of rotatable bonds is 4. The van der Waals surface area contributed by atoms with E-state index in [4.69, 9.17) is 16.0 Å². The Morgan fingerprint density at radius 1 is 1.10 bits per heavy atom. The fourth-order valence-corrected chi connectivity index (χ4v) is 2.71. The van der Waals surface area contributed by atoms with Gasteiger partial charge in [-0.15, -0.1) is 0 Å². The van der Waals surface area contributed by atoms with E-state index < -0.39 is 0 Å². The summed E-state index contributed by atoms with van der Waals surface area (Å²) in [6.45, 7) is 8.53. The molecule has 0 N–H and O–H groups in total. The molecule has 0 aliphatic carbocycles. The molecular weight excluding hydrogens is 286 g/mol. The average molecular weight is 306 g/mol. The fraction of sp³-hybridized carbons (Fsp3) is 0.438. The Kier molecular flexibility index (Phi) is 4.58. The molecule has 0 unspecified atom stereocenters. The zero-order valence-corrected chi connectivity index (χ0v) is 13.0. The van der Waals surface area contributed by atoms with Crippen LogP contribution >= 0.6 is 11.6 Å². The first-order valence-corrected chi connectivity index (χ1v) is 7.78. The zero-order chi connectivity index (χ0) is 14.7. The number of nitrogens with zero attached hydrogens (tertiary/aromatic N) is 3. The number of hydrogen-bond acceptors (Lipinski definition) is 4. The van der Waals surface area contributed by atoms with Gasteiger partial charge >= 0.3 is 0 Å². The molecule has 21 heavy (non-hydrogen) atoms. The van der Waals surface area contributed by atoms with Crippen molar-refractivity contribution in [1.29, 1.82) is 0 Å². The fourth-order valence-electron chi connectivity index (χ4n) is 2.59. The van der Waals surface area contributed by atoms with Crippen molar-refractivity contribution in [1.82, 2.24) is 14.8 Å². The maximum atomic E-state index is 5.90. The minimum Gasteiger partial charge on any atom is -0.439 e. The molecule has 0 bridgehead atoms. The van der Waals surface area contributed by atoms with Gasteiger partial charge in [0.05, 0.1) is 12.7 Å². The van der Waals surface area contributed by atoms with E-state index >= 15 is 0 Å². The van der Waals surface area contributed by atoms with Crippen molar-refractivity contribution < 1.29 is 4.42 Å². The molecule has 1 aromatic carbocycles. The van der Waals surface area contributed by atoms with Gasteiger partial charge in [-0.25, -0.2) is 4.98 Å². The second kappa shape index (κ2) is 6.60. The van der Waals surface area contributed by atoms with Gasteiger partial charge in [-0.1, -0.05) is 18.5 Å². The molecular formula is C16H20ClN3O. The molecule has 1 aliphatic heterocycles. The predicted molar refractivity (Wildman–Crippen MR) is 84.3 cm³/mol. The number of benzene rings is 1. The monoisotopic (exact) mass is 305 g/mol. The first-order chi connectivity index (χ1) is 10.2. The topological polar surface area (TPSA) is 32.5 Å². The van der Waals surface area contributed by atoms with Crippen molar-refractivity contribution in [2.24, 2.45) is 0 Å². The van der Waals surface area contributed by atoms with Crippen LogP contribution in [0.25, 0.3) is 11.3 Å². The van der Waals surface area contributed by atoms with E-state index in [1.54, 1.807) is 6.20 Å². The standard InChI is InChI=1S/C16H20ClN3O/c1-2-19-7-9-20(10-8-19)12-16-18-11-15(21-16)13-3-5-14(17)6-4-13/h3-6,11H,2,7-10,12H2,1H3. The maximum Gasteiger partial charge on any atom is 0.209 e. The Morgan fingerprint density at radius 2 is 1.76 bits per heavy atom. The van der Waals surface area contributed by atoms with Crippen LogP contribution in [0, 0.1) is 0 Å². The first kappa shape index (κ1) is 14.6. The maximum absolute atomic E-state index is 5.90. The Morgan fingerprint density at radius 3 is 2.43 bits per heavy atom. The van der Waals surface area contributed by atoms with Crippen LogP contribution in [0.15, 0.2) is 34.9 Å². The molecule has 0 saturated carbocycles. The Bertz CT molecular complexity index is 573. The molecule has 1 aliphatic rings. The summed E-state index contributed by atoms with van der Waals surface area (Å²) in [5, 5.41) is 0.729. The van der Waals surface area contributed by atoms with Gasteiger partial charge in [-0.2, -0.15) is 0 Å². The van der Waals surface area contributed by atoms with Gasteiger partial charge in [0.15, 0.2) is 5.76 Å². The second-order valence-corrected chi connectivity index (χ2v) is 5.77. The molecule has 112 valence electrons. The van der Waals surface area contributed by atoms with E-state index in [0.717, 1.165) is 61.5 Å². The van der Waals surface area contributed by atoms with Gasteiger partial charge in [0.25, 0.3) is 0 Å². The second-order valence-electron chi connectivity index (χ2n) is 5.34. The number of hydrogen-bond donors (Lipinski definition) is 0. The quantitative estimate of drug-likeness (QED) is 0.869. The van der Waals surface area contributed by atoms with Crippen LogP contribution in [0.3, 0.4) is 0 Å². The van der Waals surface area contributed by atoms with Gasteiger partial charge in [-0.3, -0.25) is 4.90 Å². The van der Waals surface area contributed by atoms with E-state index in [-0.39, 0.29) is 0 Å². The van der Waals surface area contributed by atoms with Crippen molar-refractivity contribution in [3.8, 4) is 11.3 Å². The molecule has 0 atom stereocenters. The molecule has 0 amide bonds. The molecule has 4 nitrogen and oxygen atoms in total. The summed E-state index contributed by atoms with van der Waals surface area (Å²) in [5.41, 5.74) is 1.01. The third-order valence-electron chi connectivity index (χ3n) is 3.95. The van der Waals surface area contributed by atoms with E-state index in [1.165, 1.54) is 0 Å². The predicted octanol–water partition coefficient (Wildman–Crippen LogP) is 3.13. The van der Waals surface area contributed by atoms with Gasteiger partial charge in [-0.05, 0) is 30.8 Å². The van der Waals surface area contributed by atoms with E-state index in [1.807, 2.05) is 24.3 Å². The van der Waals surface area contributed by atoms with Gasteiger partial charge < -0.3 is 9.32 Å². The molecule has 0 radical (unpaired) electrons. The highest BCUT2D eigenvalue weighted by atomic mass is 35.5. The van der Waals surface area contributed by atoms with E-state index in [0.29, 0.717) is 0 Å². The number of piperazine rings is 1. The smallest absolute Gasteiger partial charge is 0.209 e. The number of oxazole rings is 1. The summed E-state index contributed by atoms with van der Waals surface area (Å²) in [4.78, 5) is 9.25. The van der Waals surface area contributed by atoms with E-state index in [2.05, 4.69) is 21.7 Å². The van der Waals surface area contributed by atoms with Crippen LogP contribution in [-0.2, 0) is 6.54 Å². The third kappa shape index (κ3) is 3.64. The highest BCUT2D eigenvalue weighted by Crippen LogP contribution is 2.22. The lowest BCUT2D eigenvalue weighted by molar-refractivity contribution is 0.124. The Balaban J connectivity index is 1.62. The van der Waals surface area contributed by atoms with Crippen molar-refractivity contribution in [2.45, 2.75) is 13.5 Å². The van der Waals surface area contributed by atoms with Gasteiger partial charge in [0, 0.05) is 36.8 Å². The van der Waals surface area contributed by atoms with Crippen molar-refractivity contribution in [3.05, 3.63) is 41.4 Å². The Labute approximate surface area is 130 Å². The number of likely N-dealkylation sites (N-methyl/N-ethyl adjacent to an activating group) is 1. The van der Waals surface area contributed by atoms with Crippen LogP contribution in [-0.4, -0.2) is 47.5 Å². The molecule has 1 saturated heterocycles. The number of halogens is 1. The van der Waals surface area contributed by atoms with Gasteiger partial charge in [0.2, 0.25) is 5.89 Å². The third-order valence-corrected chi connectivity index (χ3v) is 4.21. The van der Waals surface area contributed by atoms with Crippen LogP contribution < -0.4 is 0 Å². The number of aromatic nitrogens is 1. The summed E-state index contributed by atoms with van der Waals surface area (Å²) in [6.07, 6.45) is 1.79. The molecule has 1 fully saturated rings. The summed E-state index contributed by atoms with van der Waals surface area (Å²) >= 11 is 5.90. The summed E-state index contributed by atoms with van der Waals surface area (Å²) in [7, 11) is 0. The minimum atomic E-state index is 0.729. The Hall–Kier alpha value is -1.36. The average Bonchev–Trinajstić information content (AvgIpc) is 2.97. The van der Waals surface area contributed by atoms with Crippen molar-refractivity contribution in [2.75, 3.05) is 32.7 Å². The van der Waals surface area contributed by atoms with Crippen molar-refractivity contribution in [3.63, 3.8) is 0 Å². The van der Waals surface area contributed by atoms with Crippen molar-refractivity contribution >= 4 is 11.6 Å². The highest BCUT2D eigenvalue weighted by molar-refractivity contribution is 6.30. The van der Waals surface area contributed by atoms with Gasteiger partial charge in [0.1, 0.15) is 0 Å². The molecule has 2 aromatic rings. The molecule has 5 heteroatoms. The summed E-state index contributed by atoms with van der Waals surface area (Å²) in [6, 6.07) is 7.63.